The predicted octanol–water partition coefficient (Wildman–Crippen LogP) is 2.43. The average Bonchev–Trinajstić information content (AvgIpc) is 2.22. The maximum Gasteiger partial charge on any atom is 0.165 e. The van der Waals surface area contributed by atoms with Crippen LogP contribution in [0.15, 0.2) is 18.2 Å². The van der Waals surface area contributed by atoms with Crippen LogP contribution < -0.4 is 0 Å². The maximum absolute atomic E-state index is 11.8. The minimum Gasteiger partial charge on any atom is -0.385 e. The van der Waals surface area contributed by atoms with E-state index in [4.69, 9.17) is 0 Å². The molecule has 0 saturated carbocycles. The Bertz CT molecular complexity index is 360. The van der Waals surface area contributed by atoms with E-state index in [1.165, 1.54) is 0 Å². The highest BCUT2D eigenvalue weighted by atomic mass is 16.3. The Kier molecular flexibility index (Phi) is 4.25. The summed E-state index contributed by atoms with van der Waals surface area (Å²) in [4.78, 5) is 11.8. The van der Waals surface area contributed by atoms with E-state index < -0.39 is 6.10 Å². The number of benzene rings is 1. The van der Waals surface area contributed by atoms with Crippen LogP contribution in [0.2, 0.25) is 0 Å². The number of hydrogen-bond acceptors (Lipinski definition) is 2. The van der Waals surface area contributed by atoms with Crippen molar-refractivity contribution in [1.29, 1.82) is 0 Å². The highest BCUT2D eigenvalue weighted by molar-refractivity contribution is 5.85. The summed E-state index contributed by atoms with van der Waals surface area (Å²) in [5, 5.41) is 9.69. The molecule has 0 aliphatic rings. The molecule has 0 saturated heterocycles. The standard InChI is InChI=1S/C14H20O2/c1-9(2)14(16)13(15)8-12-10(3)6-5-7-11(12)4/h5-7,9,14,16H,8H2,1-4H3. The molecule has 1 atom stereocenters. The van der Waals surface area contributed by atoms with Gasteiger partial charge >= 0.3 is 0 Å². The largest absolute Gasteiger partial charge is 0.385 e. The van der Waals surface area contributed by atoms with Crippen LogP contribution in [0.1, 0.15) is 30.5 Å². The Balaban J connectivity index is 2.85. The van der Waals surface area contributed by atoms with Crippen molar-refractivity contribution in [2.24, 2.45) is 5.92 Å². The highest BCUT2D eigenvalue weighted by Crippen LogP contribution is 2.16. The second-order valence-electron chi connectivity index (χ2n) is 4.70. The van der Waals surface area contributed by atoms with Crippen LogP contribution in [0, 0.1) is 19.8 Å². The van der Waals surface area contributed by atoms with Crippen LogP contribution in [-0.4, -0.2) is 17.0 Å². The number of carbonyl (C=O) groups is 1. The molecule has 1 rings (SSSR count). The summed E-state index contributed by atoms with van der Waals surface area (Å²) >= 11 is 0. The number of ketones is 1. The van der Waals surface area contributed by atoms with Crippen LogP contribution in [0.3, 0.4) is 0 Å². The van der Waals surface area contributed by atoms with Crippen molar-refractivity contribution in [3.8, 4) is 0 Å². The molecule has 0 amide bonds. The topological polar surface area (TPSA) is 37.3 Å². The summed E-state index contributed by atoms with van der Waals surface area (Å²) in [5.41, 5.74) is 3.28. The van der Waals surface area contributed by atoms with Crippen LogP contribution >= 0.6 is 0 Å². The Morgan fingerprint density at radius 1 is 1.25 bits per heavy atom. The molecule has 1 aromatic carbocycles. The molecule has 16 heavy (non-hydrogen) atoms. The van der Waals surface area contributed by atoms with Crippen molar-refractivity contribution in [3.63, 3.8) is 0 Å². The molecular weight excluding hydrogens is 200 g/mol. The summed E-state index contributed by atoms with van der Waals surface area (Å²) < 4.78 is 0. The Hall–Kier alpha value is -1.15. The molecule has 0 aromatic heterocycles. The van der Waals surface area contributed by atoms with Crippen molar-refractivity contribution in [2.75, 3.05) is 0 Å². The van der Waals surface area contributed by atoms with Gasteiger partial charge in [0.2, 0.25) is 0 Å². The monoisotopic (exact) mass is 220 g/mol. The maximum atomic E-state index is 11.8. The number of aryl methyl sites for hydroxylation is 2. The molecule has 1 unspecified atom stereocenters. The van der Waals surface area contributed by atoms with Crippen molar-refractivity contribution in [3.05, 3.63) is 34.9 Å². The van der Waals surface area contributed by atoms with Gasteiger partial charge in [-0.1, -0.05) is 32.0 Å². The molecule has 0 spiro atoms. The van der Waals surface area contributed by atoms with Gasteiger partial charge in [-0.15, -0.1) is 0 Å². The lowest BCUT2D eigenvalue weighted by Gasteiger charge is -2.15. The minimum atomic E-state index is -0.848. The van der Waals surface area contributed by atoms with E-state index in [0.717, 1.165) is 16.7 Å². The van der Waals surface area contributed by atoms with E-state index >= 15 is 0 Å². The van der Waals surface area contributed by atoms with Gasteiger partial charge in [0.05, 0.1) is 0 Å². The molecule has 2 heteroatoms. The molecule has 1 N–H and O–H groups in total. The molecular formula is C14H20O2. The first-order valence-corrected chi connectivity index (χ1v) is 5.69. The molecule has 0 fully saturated rings. The lowest BCUT2D eigenvalue weighted by molar-refractivity contribution is -0.128. The SMILES string of the molecule is Cc1cccc(C)c1CC(=O)C(O)C(C)C. The van der Waals surface area contributed by atoms with Gasteiger partial charge in [-0.2, -0.15) is 0 Å². The van der Waals surface area contributed by atoms with E-state index in [9.17, 15) is 9.90 Å². The van der Waals surface area contributed by atoms with Gasteiger partial charge in [0, 0.05) is 6.42 Å². The lowest BCUT2D eigenvalue weighted by atomic mass is 9.93. The van der Waals surface area contributed by atoms with Crippen LogP contribution in [0.25, 0.3) is 0 Å². The van der Waals surface area contributed by atoms with E-state index in [1.54, 1.807) is 0 Å². The molecule has 0 aliphatic heterocycles. The zero-order chi connectivity index (χ0) is 12.3. The van der Waals surface area contributed by atoms with Gasteiger partial charge in [0.1, 0.15) is 6.10 Å². The average molecular weight is 220 g/mol. The van der Waals surface area contributed by atoms with Crippen molar-refractivity contribution >= 4 is 5.78 Å². The third kappa shape index (κ3) is 2.92. The molecule has 88 valence electrons. The van der Waals surface area contributed by atoms with Gasteiger partial charge in [0.15, 0.2) is 5.78 Å². The zero-order valence-corrected chi connectivity index (χ0v) is 10.4. The van der Waals surface area contributed by atoms with Crippen molar-refractivity contribution < 1.29 is 9.90 Å². The number of hydrogen-bond donors (Lipinski definition) is 1. The molecule has 1 aromatic rings. The fourth-order valence-electron chi connectivity index (χ4n) is 1.78. The predicted molar refractivity (Wildman–Crippen MR) is 65.5 cm³/mol. The number of aliphatic hydroxyl groups excluding tert-OH is 1. The van der Waals surface area contributed by atoms with E-state index in [0.29, 0.717) is 6.42 Å². The van der Waals surface area contributed by atoms with Gasteiger partial charge in [-0.25, -0.2) is 0 Å². The number of carbonyl (C=O) groups excluding carboxylic acids is 1. The summed E-state index contributed by atoms with van der Waals surface area (Å²) in [5.74, 6) is -0.107. The number of aliphatic hydroxyl groups is 1. The zero-order valence-electron chi connectivity index (χ0n) is 10.4. The number of Topliss-reactive ketones (excluding diaryl/α,β-unsaturated/α-hetero) is 1. The highest BCUT2D eigenvalue weighted by Gasteiger charge is 2.20. The molecule has 2 nitrogen and oxygen atoms in total. The minimum absolute atomic E-state index is 0.0168. The van der Waals surface area contributed by atoms with Gasteiger partial charge < -0.3 is 5.11 Å². The molecule has 0 bridgehead atoms. The third-order valence-electron chi connectivity index (χ3n) is 2.96. The van der Waals surface area contributed by atoms with Crippen molar-refractivity contribution in [1.82, 2.24) is 0 Å². The quantitative estimate of drug-likeness (QED) is 0.846. The smallest absolute Gasteiger partial charge is 0.165 e. The summed E-state index contributed by atoms with van der Waals surface area (Å²) in [6.07, 6.45) is -0.517. The first-order chi connectivity index (χ1) is 7.43. The van der Waals surface area contributed by atoms with Gasteiger partial charge in [-0.3, -0.25) is 4.79 Å². The van der Waals surface area contributed by atoms with Crippen LogP contribution in [0.4, 0.5) is 0 Å². The van der Waals surface area contributed by atoms with Crippen molar-refractivity contribution in [2.45, 2.75) is 40.2 Å². The second-order valence-corrected chi connectivity index (χ2v) is 4.70. The van der Waals surface area contributed by atoms with Crippen LogP contribution in [0.5, 0.6) is 0 Å². The summed E-state index contributed by atoms with van der Waals surface area (Å²) in [7, 11) is 0. The first kappa shape index (κ1) is 12.9. The molecule has 0 heterocycles. The van der Waals surface area contributed by atoms with E-state index in [2.05, 4.69) is 0 Å². The fraction of sp³-hybridized carbons (Fsp3) is 0.500. The molecule has 0 radical (unpaired) electrons. The van der Waals surface area contributed by atoms with Crippen LogP contribution in [-0.2, 0) is 11.2 Å². The Morgan fingerprint density at radius 2 is 1.75 bits per heavy atom. The fourth-order valence-corrected chi connectivity index (χ4v) is 1.78. The van der Waals surface area contributed by atoms with Gasteiger partial charge in [-0.05, 0) is 36.5 Å². The first-order valence-electron chi connectivity index (χ1n) is 5.69. The van der Waals surface area contributed by atoms with Gasteiger partial charge in [0.25, 0.3) is 0 Å². The second kappa shape index (κ2) is 5.26. The van der Waals surface area contributed by atoms with E-state index in [-0.39, 0.29) is 11.7 Å². The number of rotatable bonds is 4. The Morgan fingerprint density at radius 3 is 2.19 bits per heavy atom. The normalized spacial score (nSPS) is 12.9. The summed E-state index contributed by atoms with van der Waals surface area (Å²) in [6.45, 7) is 7.70. The summed E-state index contributed by atoms with van der Waals surface area (Å²) in [6, 6.07) is 5.98. The molecule has 0 aliphatic carbocycles. The van der Waals surface area contributed by atoms with E-state index in [1.807, 2.05) is 45.9 Å². The third-order valence-corrected chi connectivity index (χ3v) is 2.96. The lowest BCUT2D eigenvalue weighted by Crippen LogP contribution is -2.28. The Labute approximate surface area is 97.3 Å².